The summed E-state index contributed by atoms with van der Waals surface area (Å²) in [6.07, 6.45) is 7.58. The van der Waals surface area contributed by atoms with Crippen LogP contribution in [0, 0.1) is 27.7 Å². The number of hydrogen-bond acceptors (Lipinski definition) is 8. The third kappa shape index (κ3) is 18.4. The number of ether oxygens (including phenoxy) is 2. The van der Waals surface area contributed by atoms with Gasteiger partial charge in [-0.05, 0) is 151 Å². The molecule has 2 amide bonds. The monoisotopic (exact) mass is 1080 g/mol. The SMILES string of the molecule is Cc1ccc(C=C2CN(C(=O)c3ccc(OCCN(C)C)cc3)CC(=Cc3ccc(C)cc3)C2=O)cc1.Cc1ccc(C=C2CN(C(=O)c3ccc(OCCN(C)C)cc3)CC(=Cc3ccc(C)cc3)C2=O)cc1.Cl.Cl.O. The van der Waals surface area contributed by atoms with Gasteiger partial charge in [-0.3, -0.25) is 19.2 Å². The van der Waals surface area contributed by atoms with Gasteiger partial charge >= 0.3 is 0 Å². The maximum atomic E-state index is 13.5. The number of hydrogen-bond donors (Lipinski definition) is 0. The lowest BCUT2D eigenvalue weighted by Gasteiger charge is -2.30. The molecule has 6 aromatic rings. The number of carbonyl (C=O) groups excluding carboxylic acids is 4. The van der Waals surface area contributed by atoms with E-state index in [0.717, 1.165) is 69.1 Å². The lowest BCUT2D eigenvalue weighted by Crippen LogP contribution is -2.41. The molecule has 2 saturated heterocycles. The first-order valence-corrected chi connectivity index (χ1v) is 25.1. The normalized spacial score (nSPS) is 15.4. The molecule has 0 unspecified atom stereocenters. The van der Waals surface area contributed by atoms with Crippen LogP contribution in [0.2, 0.25) is 0 Å². The predicted molar refractivity (Wildman–Crippen MR) is 318 cm³/mol. The lowest BCUT2D eigenvalue weighted by atomic mass is 9.93. The topological polar surface area (TPSA) is 131 Å². The molecule has 0 radical (unpaired) electrons. The van der Waals surface area contributed by atoms with Crippen molar-refractivity contribution in [3.8, 4) is 11.5 Å². The first-order chi connectivity index (χ1) is 35.6. The van der Waals surface area contributed by atoms with E-state index < -0.39 is 0 Å². The maximum absolute atomic E-state index is 13.5. The largest absolute Gasteiger partial charge is 0.492 e. The number of halogens is 2. The fourth-order valence-electron chi connectivity index (χ4n) is 8.27. The number of benzene rings is 6. The number of aryl methyl sites for hydroxylation is 4. The number of likely N-dealkylation sites (N-methyl/N-ethyl adjacent to an activating group) is 2. The summed E-state index contributed by atoms with van der Waals surface area (Å²) < 4.78 is 11.5. The lowest BCUT2D eigenvalue weighted by molar-refractivity contribution is -0.114. The Morgan fingerprint density at radius 3 is 0.870 bits per heavy atom. The quantitative estimate of drug-likeness (QED) is 0.0986. The zero-order valence-corrected chi connectivity index (χ0v) is 47.0. The molecule has 0 aliphatic carbocycles. The molecule has 0 spiro atoms. The minimum atomic E-state index is -0.114. The molecule has 404 valence electrons. The van der Waals surface area contributed by atoms with Crippen molar-refractivity contribution in [2.24, 2.45) is 0 Å². The average Bonchev–Trinajstić information content (AvgIpc) is 3.39. The van der Waals surface area contributed by atoms with E-state index in [4.69, 9.17) is 9.47 Å². The highest BCUT2D eigenvalue weighted by molar-refractivity contribution is 6.17. The Labute approximate surface area is 467 Å². The van der Waals surface area contributed by atoms with Crippen LogP contribution in [0.3, 0.4) is 0 Å². The molecule has 13 heteroatoms. The van der Waals surface area contributed by atoms with Crippen molar-refractivity contribution in [1.82, 2.24) is 19.6 Å². The predicted octanol–water partition coefficient (Wildman–Crippen LogP) is 10.9. The molecule has 0 bridgehead atoms. The summed E-state index contributed by atoms with van der Waals surface area (Å²) in [5.41, 5.74) is 11.9. The van der Waals surface area contributed by atoms with E-state index in [2.05, 4.69) is 9.80 Å². The van der Waals surface area contributed by atoms with Crippen LogP contribution in [0.5, 0.6) is 11.5 Å². The number of likely N-dealkylation sites (tertiary alicyclic amines) is 2. The Morgan fingerprint density at radius 2 is 0.649 bits per heavy atom. The molecule has 0 aromatic heterocycles. The van der Waals surface area contributed by atoms with Gasteiger partial charge in [-0.25, -0.2) is 0 Å². The van der Waals surface area contributed by atoms with Gasteiger partial charge in [0.05, 0.1) is 26.2 Å². The van der Waals surface area contributed by atoms with Crippen molar-refractivity contribution >= 4 is 72.5 Å². The summed E-state index contributed by atoms with van der Waals surface area (Å²) >= 11 is 0. The second-order valence-electron chi connectivity index (χ2n) is 19.7. The van der Waals surface area contributed by atoms with E-state index in [1.165, 1.54) is 0 Å². The summed E-state index contributed by atoms with van der Waals surface area (Å²) in [6, 6.07) is 46.6. The highest BCUT2D eigenvalue weighted by atomic mass is 35.5. The Bertz CT molecular complexity index is 2690. The van der Waals surface area contributed by atoms with Gasteiger partial charge in [0.25, 0.3) is 11.8 Å². The van der Waals surface area contributed by atoms with Gasteiger partial charge in [0, 0.05) is 46.5 Å². The minimum absolute atomic E-state index is 0. The van der Waals surface area contributed by atoms with Gasteiger partial charge in [-0.2, -0.15) is 0 Å². The summed E-state index contributed by atoms with van der Waals surface area (Å²) in [6.45, 7) is 12.0. The maximum Gasteiger partial charge on any atom is 0.254 e. The first-order valence-electron chi connectivity index (χ1n) is 25.1. The van der Waals surface area contributed by atoms with E-state index in [9.17, 15) is 19.2 Å². The molecule has 2 N–H and O–H groups in total. The minimum Gasteiger partial charge on any atom is -0.492 e. The standard InChI is InChI=1S/2C32H34N2O3.2ClH.H2O/c2*1-23-5-9-25(10-6-23)19-28-21-34(22-29(31(28)35)20-26-11-7-24(2)8-12-26)32(36)27-13-15-30(16-14-27)37-18-17-33(3)4;;;/h2*5-16,19-20H,17-18,21-22H2,1-4H3;2*1H;1H2. The highest BCUT2D eigenvalue weighted by Crippen LogP contribution is 2.27. The molecule has 0 atom stereocenters. The van der Waals surface area contributed by atoms with E-state index in [1.54, 1.807) is 34.1 Å². The summed E-state index contributed by atoms with van der Waals surface area (Å²) in [5.74, 6) is 1.19. The number of rotatable bonds is 14. The van der Waals surface area contributed by atoms with Crippen LogP contribution in [-0.4, -0.2) is 129 Å². The van der Waals surface area contributed by atoms with Crippen molar-refractivity contribution in [2.45, 2.75) is 27.7 Å². The third-order valence-corrected chi connectivity index (χ3v) is 12.7. The second-order valence-corrected chi connectivity index (χ2v) is 19.7. The molecule has 11 nitrogen and oxygen atoms in total. The number of amides is 2. The van der Waals surface area contributed by atoms with Crippen LogP contribution in [-0.2, 0) is 9.59 Å². The number of ketones is 2. The molecule has 0 saturated carbocycles. The molecule has 2 heterocycles. The highest BCUT2D eigenvalue weighted by Gasteiger charge is 2.31. The van der Waals surface area contributed by atoms with E-state index in [-0.39, 0.29) is 79.9 Å². The van der Waals surface area contributed by atoms with E-state index >= 15 is 0 Å². The second kappa shape index (κ2) is 29.8. The Balaban J connectivity index is 0.000000320. The van der Waals surface area contributed by atoms with Crippen molar-refractivity contribution in [3.63, 3.8) is 0 Å². The van der Waals surface area contributed by atoms with Crippen molar-refractivity contribution in [2.75, 3.05) is 80.7 Å². The van der Waals surface area contributed by atoms with Crippen molar-refractivity contribution in [3.05, 3.63) is 224 Å². The van der Waals surface area contributed by atoms with E-state index in [1.807, 2.05) is 202 Å². The fraction of sp³-hybridized carbons (Fsp3) is 0.250. The van der Waals surface area contributed by atoms with E-state index in [0.29, 0.717) is 46.6 Å². The van der Waals surface area contributed by atoms with Crippen LogP contribution >= 0.6 is 24.8 Å². The van der Waals surface area contributed by atoms with Crippen LogP contribution in [0.1, 0.15) is 65.2 Å². The van der Waals surface area contributed by atoms with Gasteiger partial charge in [0.15, 0.2) is 11.6 Å². The Kier molecular flexibility index (Phi) is 24.1. The number of Topliss-reactive ketones (excluding diaryl/α,β-unsaturated/α-hetero) is 2. The van der Waals surface area contributed by atoms with Gasteiger partial charge in [0.1, 0.15) is 24.7 Å². The van der Waals surface area contributed by atoms with Crippen LogP contribution in [0.25, 0.3) is 24.3 Å². The fourth-order valence-corrected chi connectivity index (χ4v) is 8.27. The third-order valence-electron chi connectivity index (χ3n) is 12.7. The van der Waals surface area contributed by atoms with Gasteiger partial charge < -0.3 is 34.5 Å². The molecule has 6 aromatic carbocycles. The van der Waals surface area contributed by atoms with Gasteiger partial charge in [-0.1, -0.05) is 119 Å². The number of carbonyl (C=O) groups is 4. The van der Waals surface area contributed by atoms with Crippen molar-refractivity contribution in [1.29, 1.82) is 0 Å². The zero-order chi connectivity index (χ0) is 52.7. The van der Waals surface area contributed by atoms with Crippen molar-refractivity contribution < 1.29 is 34.1 Å². The Hall–Kier alpha value is -7.38. The van der Waals surface area contributed by atoms with Crippen LogP contribution in [0.4, 0.5) is 0 Å². The average molecular weight is 1080 g/mol. The van der Waals surface area contributed by atoms with Crippen LogP contribution < -0.4 is 9.47 Å². The summed E-state index contributed by atoms with van der Waals surface area (Å²) in [7, 11) is 7.99. The molecule has 2 fully saturated rings. The molecular weight excluding hydrogens is 1010 g/mol. The molecule has 8 rings (SSSR count). The molecular formula is C64H72Cl2N4O7. The first kappa shape index (κ1) is 62.2. The van der Waals surface area contributed by atoms with Gasteiger partial charge in [0.2, 0.25) is 0 Å². The molecule has 2 aliphatic rings. The molecule has 2 aliphatic heterocycles. The Morgan fingerprint density at radius 1 is 0.416 bits per heavy atom. The summed E-state index contributed by atoms with van der Waals surface area (Å²) in [4.78, 5) is 61.6. The molecule has 77 heavy (non-hydrogen) atoms. The number of piperidine rings is 2. The smallest absolute Gasteiger partial charge is 0.254 e. The van der Waals surface area contributed by atoms with Crippen LogP contribution in [0.15, 0.2) is 168 Å². The number of nitrogens with zero attached hydrogens (tertiary/aromatic N) is 4. The summed E-state index contributed by atoms with van der Waals surface area (Å²) in [5, 5.41) is 0. The van der Waals surface area contributed by atoms with Gasteiger partial charge in [-0.15, -0.1) is 24.8 Å². The zero-order valence-electron chi connectivity index (χ0n) is 45.4.